The minimum atomic E-state index is -4.47. The van der Waals surface area contributed by atoms with E-state index in [1.807, 2.05) is 0 Å². The number of carbonyl (C=O) groups excluding carboxylic acids is 1. The number of primary amides is 1. The molecule has 3 rings (SSSR count). The van der Waals surface area contributed by atoms with E-state index in [0.29, 0.717) is 11.3 Å². The van der Waals surface area contributed by atoms with E-state index in [1.165, 1.54) is 36.4 Å². The Morgan fingerprint density at radius 2 is 1.70 bits per heavy atom. The normalized spacial score (nSPS) is 11.4. The number of aromatic nitrogens is 1. The number of nitro groups is 1. The summed E-state index contributed by atoms with van der Waals surface area (Å²) >= 11 is 0. The molecule has 0 saturated heterocycles. The van der Waals surface area contributed by atoms with Gasteiger partial charge in [0.2, 0.25) is 0 Å². The van der Waals surface area contributed by atoms with Gasteiger partial charge in [0.15, 0.2) is 0 Å². The highest BCUT2D eigenvalue weighted by Gasteiger charge is 2.30. The molecule has 27 heavy (non-hydrogen) atoms. The maximum atomic E-state index is 12.7. The van der Waals surface area contributed by atoms with Crippen LogP contribution in [-0.2, 0) is 6.18 Å². The lowest BCUT2D eigenvalue weighted by Gasteiger charge is -2.07. The third kappa shape index (κ3) is 3.52. The lowest BCUT2D eigenvalue weighted by atomic mass is 10.1. The number of aromatic amines is 1. The molecule has 0 aliphatic carbocycles. The second kappa shape index (κ2) is 6.60. The van der Waals surface area contributed by atoms with Crippen molar-refractivity contribution in [3.8, 4) is 22.5 Å². The fourth-order valence-electron chi connectivity index (χ4n) is 2.70. The van der Waals surface area contributed by atoms with Crippen LogP contribution in [0.4, 0.5) is 18.9 Å². The molecule has 9 heteroatoms. The molecule has 0 aliphatic rings. The summed E-state index contributed by atoms with van der Waals surface area (Å²) < 4.78 is 38.1. The topological polar surface area (TPSA) is 102 Å². The van der Waals surface area contributed by atoms with Crippen molar-refractivity contribution in [2.24, 2.45) is 5.73 Å². The largest absolute Gasteiger partial charge is 0.416 e. The average molecular weight is 375 g/mol. The van der Waals surface area contributed by atoms with Crippen LogP contribution in [0.15, 0.2) is 54.6 Å². The first-order chi connectivity index (χ1) is 12.7. The molecule has 0 spiro atoms. The standard InChI is InChI=1S/C18H12F3N3O3/c19-18(20,21)11-7-5-10(6-8-11)14-9-13(17(22)25)16(23-14)12-3-1-2-4-15(12)24(26)27/h1-9,23H,(H2,22,25). The van der Waals surface area contributed by atoms with Crippen LogP contribution in [0.2, 0.25) is 0 Å². The molecule has 0 radical (unpaired) electrons. The van der Waals surface area contributed by atoms with Gasteiger partial charge in [-0.3, -0.25) is 14.9 Å². The number of nitrogens with zero attached hydrogens (tertiary/aromatic N) is 1. The van der Waals surface area contributed by atoms with E-state index >= 15 is 0 Å². The summed E-state index contributed by atoms with van der Waals surface area (Å²) in [5.41, 5.74) is 5.28. The first kappa shape index (κ1) is 18.2. The minimum absolute atomic E-state index is 0.000743. The molecule has 1 heterocycles. The predicted octanol–water partition coefficient (Wildman–Crippen LogP) is 4.37. The minimum Gasteiger partial charge on any atom is -0.366 e. The number of carbonyl (C=O) groups is 1. The molecule has 3 aromatic rings. The van der Waals surface area contributed by atoms with Crippen LogP contribution in [0.25, 0.3) is 22.5 Å². The predicted molar refractivity (Wildman–Crippen MR) is 91.8 cm³/mol. The molecular formula is C18H12F3N3O3. The number of H-pyrrole nitrogens is 1. The highest BCUT2D eigenvalue weighted by Crippen LogP contribution is 2.35. The van der Waals surface area contributed by atoms with Crippen LogP contribution >= 0.6 is 0 Å². The Balaban J connectivity index is 2.13. The Morgan fingerprint density at radius 1 is 1.07 bits per heavy atom. The van der Waals surface area contributed by atoms with Gasteiger partial charge in [-0.25, -0.2) is 0 Å². The summed E-state index contributed by atoms with van der Waals surface area (Å²) in [6, 6.07) is 11.4. The van der Waals surface area contributed by atoms with Gasteiger partial charge in [-0.1, -0.05) is 24.3 Å². The van der Waals surface area contributed by atoms with Gasteiger partial charge >= 0.3 is 6.18 Å². The molecule has 138 valence electrons. The summed E-state index contributed by atoms with van der Waals surface area (Å²) in [5.74, 6) is -0.822. The lowest BCUT2D eigenvalue weighted by Crippen LogP contribution is -2.11. The summed E-state index contributed by atoms with van der Waals surface area (Å²) in [4.78, 5) is 25.3. The Kier molecular flexibility index (Phi) is 4.44. The van der Waals surface area contributed by atoms with Crippen LogP contribution in [0.5, 0.6) is 0 Å². The van der Waals surface area contributed by atoms with Gasteiger partial charge in [0.1, 0.15) is 0 Å². The number of rotatable bonds is 4. The van der Waals surface area contributed by atoms with Crippen LogP contribution in [0.3, 0.4) is 0 Å². The Hall–Kier alpha value is -3.62. The molecule has 2 aromatic carbocycles. The van der Waals surface area contributed by atoms with Crippen molar-refractivity contribution >= 4 is 11.6 Å². The second-order valence-corrected chi connectivity index (χ2v) is 5.69. The Labute approximate surface area is 150 Å². The molecule has 1 aromatic heterocycles. The Morgan fingerprint density at radius 3 is 2.26 bits per heavy atom. The fraction of sp³-hybridized carbons (Fsp3) is 0.0556. The second-order valence-electron chi connectivity index (χ2n) is 5.69. The van der Waals surface area contributed by atoms with Crippen LogP contribution in [0.1, 0.15) is 15.9 Å². The Bertz CT molecular complexity index is 1020. The summed E-state index contributed by atoms with van der Waals surface area (Å²) in [5, 5.41) is 11.3. The average Bonchev–Trinajstić information content (AvgIpc) is 3.06. The molecule has 6 nitrogen and oxygen atoms in total. The maximum absolute atomic E-state index is 12.7. The van der Waals surface area contributed by atoms with Gasteiger partial charge in [0.05, 0.1) is 27.3 Å². The molecule has 0 unspecified atom stereocenters. The number of benzene rings is 2. The van der Waals surface area contributed by atoms with E-state index < -0.39 is 22.6 Å². The monoisotopic (exact) mass is 375 g/mol. The molecule has 3 N–H and O–H groups in total. The van der Waals surface area contributed by atoms with Gasteiger partial charge in [-0.15, -0.1) is 0 Å². The van der Waals surface area contributed by atoms with Crippen LogP contribution in [-0.4, -0.2) is 15.8 Å². The summed E-state index contributed by atoms with van der Waals surface area (Å²) in [6.07, 6.45) is -4.47. The maximum Gasteiger partial charge on any atom is 0.416 e. The number of halogens is 3. The SMILES string of the molecule is NC(=O)c1cc(-c2ccc(C(F)(F)F)cc2)[nH]c1-c1ccccc1[N+](=O)[O-]. The van der Waals surface area contributed by atoms with E-state index in [2.05, 4.69) is 4.98 Å². The van der Waals surface area contributed by atoms with Gasteiger partial charge in [0, 0.05) is 11.8 Å². The van der Waals surface area contributed by atoms with E-state index in [9.17, 15) is 28.1 Å². The number of nitro benzene ring substituents is 1. The van der Waals surface area contributed by atoms with Crippen molar-refractivity contribution in [2.75, 3.05) is 0 Å². The van der Waals surface area contributed by atoms with E-state index in [-0.39, 0.29) is 22.5 Å². The molecule has 0 atom stereocenters. The van der Waals surface area contributed by atoms with Gasteiger partial charge < -0.3 is 10.7 Å². The van der Waals surface area contributed by atoms with E-state index in [4.69, 9.17) is 5.73 Å². The lowest BCUT2D eigenvalue weighted by molar-refractivity contribution is -0.384. The van der Waals surface area contributed by atoms with Crippen molar-refractivity contribution in [3.05, 3.63) is 75.8 Å². The number of amides is 1. The number of hydrogen-bond donors (Lipinski definition) is 2. The molecule has 0 fully saturated rings. The third-order valence-electron chi connectivity index (χ3n) is 3.98. The smallest absolute Gasteiger partial charge is 0.366 e. The quantitative estimate of drug-likeness (QED) is 0.523. The zero-order valence-corrected chi connectivity index (χ0v) is 13.6. The molecule has 1 amide bonds. The first-order valence-electron chi connectivity index (χ1n) is 7.62. The van der Waals surface area contributed by atoms with Gasteiger partial charge in [0.25, 0.3) is 11.6 Å². The highest BCUT2D eigenvalue weighted by atomic mass is 19.4. The summed E-state index contributed by atoms with van der Waals surface area (Å²) in [7, 11) is 0. The van der Waals surface area contributed by atoms with Crippen molar-refractivity contribution < 1.29 is 22.9 Å². The zero-order valence-electron chi connectivity index (χ0n) is 13.6. The van der Waals surface area contributed by atoms with E-state index in [1.54, 1.807) is 6.07 Å². The molecule has 0 bridgehead atoms. The number of para-hydroxylation sites is 1. The van der Waals surface area contributed by atoms with E-state index in [0.717, 1.165) is 12.1 Å². The number of alkyl halides is 3. The zero-order chi connectivity index (χ0) is 19.8. The van der Waals surface area contributed by atoms with Gasteiger partial charge in [-0.05, 0) is 29.8 Å². The van der Waals surface area contributed by atoms with Crippen LogP contribution in [0, 0.1) is 10.1 Å². The number of nitrogens with two attached hydrogens (primary N) is 1. The van der Waals surface area contributed by atoms with Crippen molar-refractivity contribution in [2.45, 2.75) is 6.18 Å². The van der Waals surface area contributed by atoms with Crippen molar-refractivity contribution in [1.29, 1.82) is 0 Å². The molecule has 0 saturated carbocycles. The molecule has 0 aliphatic heterocycles. The fourth-order valence-corrected chi connectivity index (χ4v) is 2.70. The highest BCUT2D eigenvalue weighted by molar-refractivity contribution is 6.01. The number of nitrogens with one attached hydrogen (secondary N) is 1. The molecular weight excluding hydrogens is 363 g/mol. The first-order valence-corrected chi connectivity index (χ1v) is 7.62. The number of hydrogen-bond acceptors (Lipinski definition) is 3. The van der Waals surface area contributed by atoms with Crippen LogP contribution < -0.4 is 5.73 Å². The van der Waals surface area contributed by atoms with Crippen molar-refractivity contribution in [1.82, 2.24) is 4.98 Å². The van der Waals surface area contributed by atoms with Crippen molar-refractivity contribution in [3.63, 3.8) is 0 Å². The third-order valence-corrected chi connectivity index (χ3v) is 3.98. The van der Waals surface area contributed by atoms with Gasteiger partial charge in [-0.2, -0.15) is 13.2 Å². The summed E-state index contributed by atoms with van der Waals surface area (Å²) in [6.45, 7) is 0.